The maximum Gasteiger partial charge on any atom is 0.424 e. The minimum atomic E-state index is -3.67. The lowest BCUT2D eigenvalue weighted by Crippen LogP contribution is -2.50. The Bertz CT molecular complexity index is 416. The van der Waals surface area contributed by atoms with E-state index in [0.717, 1.165) is 11.8 Å². The number of ether oxygens (including phenoxy) is 1. The molecule has 8 heteroatoms. The van der Waals surface area contributed by atoms with Crippen molar-refractivity contribution in [2.75, 3.05) is 7.05 Å². The summed E-state index contributed by atoms with van der Waals surface area (Å²) in [5.41, 5.74) is -0.719. The van der Waals surface area contributed by atoms with Gasteiger partial charge in [0.1, 0.15) is 0 Å². The lowest BCUT2D eigenvalue weighted by atomic mass is 10.7. The Labute approximate surface area is 85.4 Å². The Hall–Kier alpha value is -0.760. The lowest BCUT2D eigenvalue weighted by Gasteiger charge is -2.29. The fourth-order valence-electron chi connectivity index (χ4n) is 1.23. The molecule has 0 aromatic carbocycles. The summed E-state index contributed by atoms with van der Waals surface area (Å²) < 4.78 is 28.8. The van der Waals surface area contributed by atoms with Gasteiger partial charge in [-0.3, -0.25) is 4.99 Å². The molecular weight excluding hydrogens is 228 g/mol. The smallest absolute Gasteiger partial charge is 0.424 e. The van der Waals surface area contributed by atoms with Crippen molar-refractivity contribution in [3.8, 4) is 0 Å². The second kappa shape index (κ2) is 2.86. The first-order valence-corrected chi connectivity index (χ1v) is 6.20. The maximum atomic E-state index is 11.7. The van der Waals surface area contributed by atoms with Gasteiger partial charge in [-0.05, 0) is 6.92 Å². The standard InChI is InChI=1S/C6H8N2O4S2/c1-3-7-4-5(13-3)12-6(9)8(2)14(4,10)11/h4-5H,1-2H3. The molecule has 14 heavy (non-hydrogen) atoms. The van der Waals surface area contributed by atoms with E-state index in [1.807, 2.05) is 0 Å². The van der Waals surface area contributed by atoms with Gasteiger partial charge in [-0.25, -0.2) is 17.5 Å². The summed E-state index contributed by atoms with van der Waals surface area (Å²) in [4.78, 5) is 15.0. The highest BCUT2D eigenvalue weighted by molar-refractivity contribution is 8.15. The third kappa shape index (κ3) is 1.21. The Balaban J connectivity index is 2.44. The zero-order valence-corrected chi connectivity index (χ0v) is 9.13. The Morgan fingerprint density at radius 1 is 1.57 bits per heavy atom. The van der Waals surface area contributed by atoms with Crippen LogP contribution in [0.25, 0.3) is 0 Å². The zero-order valence-electron chi connectivity index (χ0n) is 7.50. The average molecular weight is 236 g/mol. The summed E-state index contributed by atoms with van der Waals surface area (Å²) in [7, 11) is -2.50. The summed E-state index contributed by atoms with van der Waals surface area (Å²) in [6.45, 7) is 1.69. The molecular formula is C6H8N2O4S2. The molecule has 1 amide bonds. The van der Waals surface area contributed by atoms with Gasteiger partial charge in [-0.2, -0.15) is 0 Å². The van der Waals surface area contributed by atoms with Crippen molar-refractivity contribution in [1.29, 1.82) is 0 Å². The van der Waals surface area contributed by atoms with Crippen LogP contribution in [0.2, 0.25) is 0 Å². The first-order valence-electron chi connectivity index (χ1n) is 3.82. The number of rotatable bonds is 0. The number of sulfonamides is 1. The van der Waals surface area contributed by atoms with E-state index in [1.165, 1.54) is 7.05 Å². The van der Waals surface area contributed by atoms with Gasteiger partial charge in [-0.1, -0.05) is 11.8 Å². The summed E-state index contributed by atoms with van der Waals surface area (Å²) in [6.07, 6.45) is -0.844. The Morgan fingerprint density at radius 3 is 2.86 bits per heavy atom. The number of amides is 1. The maximum absolute atomic E-state index is 11.7. The van der Waals surface area contributed by atoms with Crippen molar-refractivity contribution in [1.82, 2.24) is 4.31 Å². The van der Waals surface area contributed by atoms with E-state index in [2.05, 4.69) is 4.99 Å². The Morgan fingerprint density at radius 2 is 2.21 bits per heavy atom. The monoisotopic (exact) mass is 236 g/mol. The molecule has 1 saturated heterocycles. The van der Waals surface area contributed by atoms with Gasteiger partial charge >= 0.3 is 6.09 Å². The van der Waals surface area contributed by atoms with Crippen LogP contribution in [0.1, 0.15) is 6.92 Å². The minimum Gasteiger partial charge on any atom is -0.430 e. The van der Waals surface area contributed by atoms with Gasteiger partial charge in [0.05, 0.1) is 5.04 Å². The minimum absolute atomic E-state index is 0.594. The predicted octanol–water partition coefficient (Wildman–Crippen LogP) is 0.216. The van der Waals surface area contributed by atoms with E-state index >= 15 is 0 Å². The summed E-state index contributed by atoms with van der Waals surface area (Å²) >= 11 is 1.16. The molecule has 2 atom stereocenters. The van der Waals surface area contributed by atoms with Crippen molar-refractivity contribution in [3.05, 3.63) is 0 Å². The molecule has 2 unspecified atom stereocenters. The van der Waals surface area contributed by atoms with Gasteiger partial charge < -0.3 is 4.74 Å². The molecule has 2 aliphatic heterocycles. The molecule has 0 saturated carbocycles. The SMILES string of the molecule is CC1=NC2C(OC(=O)N(C)S2(=O)=O)S1. The summed E-state index contributed by atoms with van der Waals surface area (Å²) in [6, 6.07) is 0. The second-order valence-corrected chi connectivity index (χ2v) is 6.27. The largest absolute Gasteiger partial charge is 0.430 e. The van der Waals surface area contributed by atoms with Gasteiger partial charge in [0.25, 0.3) is 10.0 Å². The third-order valence-corrected chi connectivity index (χ3v) is 5.07. The van der Waals surface area contributed by atoms with Crippen LogP contribution in [-0.2, 0) is 14.8 Å². The Kier molecular flexibility index (Phi) is 2.00. The molecule has 1 fully saturated rings. The topological polar surface area (TPSA) is 76.0 Å². The molecule has 0 aromatic heterocycles. The molecule has 0 aromatic rings. The summed E-state index contributed by atoms with van der Waals surface area (Å²) in [5.74, 6) is 0. The predicted molar refractivity (Wildman–Crippen MR) is 51.4 cm³/mol. The number of hydrogen-bond acceptors (Lipinski definition) is 6. The number of aliphatic imine (C=N–C) groups is 1. The normalized spacial score (nSPS) is 34.9. The van der Waals surface area contributed by atoms with E-state index in [1.54, 1.807) is 6.92 Å². The molecule has 0 radical (unpaired) electrons. The van der Waals surface area contributed by atoms with Gasteiger partial charge in [0.2, 0.25) is 5.37 Å². The van der Waals surface area contributed by atoms with Crippen molar-refractivity contribution in [2.24, 2.45) is 4.99 Å². The van der Waals surface area contributed by atoms with Gasteiger partial charge in [0, 0.05) is 7.05 Å². The first kappa shape index (κ1) is 9.78. The van der Waals surface area contributed by atoms with Crippen LogP contribution in [-0.4, -0.2) is 41.7 Å². The molecule has 6 nitrogen and oxygen atoms in total. The number of thioether (sulfide) groups is 1. The van der Waals surface area contributed by atoms with Crippen LogP contribution in [0.5, 0.6) is 0 Å². The van der Waals surface area contributed by atoms with Crippen LogP contribution >= 0.6 is 11.8 Å². The van der Waals surface area contributed by atoms with E-state index in [-0.39, 0.29) is 0 Å². The summed E-state index contributed by atoms with van der Waals surface area (Å²) in [5, 5.41) is -0.359. The number of fused-ring (bicyclic) bond motifs is 1. The van der Waals surface area contributed by atoms with Crippen molar-refractivity contribution in [3.63, 3.8) is 0 Å². The van der Waals surface area contributed by atoms with Crippen LogP contribution in [0.15, 0.2) is 4.99 Å². The second-order valence-electron chi connectivity index (χ2n) is 2.92. The van der Waals surface area contributed by atoms with E-state index in [4.69, 9.17) is 4.74 Å². The van der Waals surface area contributed by atoms with Crippen LogP contribution in [0.3, 0.4) is 0 Å². The molecule has 2 heterocycles. The quantitative estimate of drug-likeness (QED) is 0.601. The fraction of sp³-hybridized carbons (Fsp3) is 0.667. The first-order chi connectivity index (χ1) is 6.43. The number of carbonyl (C=O) groups is 1. The van der Waals surface area contributed by atoms with Crippen molar-refractivity contribution >= 4 is 32.9 Å². The van der Waals surface area contributed by atoms with Crippen LogP contribution in [0.4, 0.5) is 4.79 Å². The molecule has 2 rings (SSSR count). The number of hydrogen-bond donors (Lipinski definition) is 0. The molecule has 0 aliphatic carbocycles. The van der Waals surface area contributed by atoms with Crippen LogP contribution in [0, 0.1) is 0 Å². The molecule has 78 valence electrons. The molecule has 2 aliphatic rings. The highest BCUT2D eigenvalue weighted by Gasteiger charge is 2.49. The van der Waals surface area contributed by atoms with E-state index < -0.39 is 26.9 Å². The molecule has 0 bridgehead atoms. The highest BCUT2D eigenvalue weighted by atomic mass is 32.2. The lowest BCUT2D eigenvalue weighted by molar-refractivity contribution is 0.109. The number of carbonyl (C=O) groups excluding carboxylic acids is 1. The van der Waals surface area contributed by atoms with E-state index in [0.29, 0.717) is 9.35 Å². The van der Waals surface area contributed by atoms with Gasteiger partial charge in [0.15, 0.2) is 5.44 Å². The zero-order chi connectivity index (χ0) is 10.5. The highest BCUT2D eigenvalue weighted by Crippen LogP contribution is 2.35. The molecule has 0 N–H and O–H groups in total. The van der Waals surface area contributed by atoms with Gasteiger partial charge in [-0.15, -0.1) is 0 Å². The van der Waals surface area contributed by atoms with Crippen molar-refractivity contribution < 1.29 is 17.9 Å². The van der Waals surface area contributed by atoms with Crippen LogP contribution < -0.4 is 0 Å². The molecule has 0 spiro atoms. The average Bonchev–Trinajstić information content (AvgIpc) is 2.44. The number of nitrogens with zero attached hydrogens (tertiary/aromatic N) is 2. The van der Waals surface area contributed by atoms with Crippen molar-refractivity contribution in [2.45, 2.75) is 17.7 Å². The van der Waals surface area contributed by atoms with E-state index in [9.17, 15) is 13.2 Å². The third-order valence-electron chi connectivity index (χ3n) is 1.99. The fourth-order valence-corrected chi connectivity index (χ4v) is 3.90.